The Morgan fingerprint density at radius 1 is 1.50 bits per heavy atom. The van der Waals surface area contributed by atoms with Crippen LogP contribution in [0, 0.1) is 0 Å². The first kappa shape index (κ1) is 11.4. The van der Waals surface area contributed by atoms with E-state index in [9.17, 15) is 5.11 Å². The molecule has 3 nitrogen and oxygen atoms in total. The van der Waals surface area contributed by atoms with E-state index in [1.165, 1.54) is 11.1 Å². The highest BCUT2D eigenvalue weighted by Crippen LogP contribution is 2.38. The zero-order chi connectivity index (χ0) is 11.6. The van der Waals surface area contributed by atoms with Crippen molar-refractivity contribution in [2.75, 3.05) is 20.3 Å². The topological polar surface area (TPSA) is 41.5 Å². The Morgan fingerprint density at radius 3 is 2.94 bits per heavy atom. The van der Waals surface area contributed by atoms with Gasteiger partial charge in [-0.1, -0.05) is 13.0 Å². The summed E-state index contributed by atoms with van der Waals surface area (Å²) < 4.78 is 5.25. The number of ether oxygens (including phenoxy) is 1. The normalized spacial score (nSPS) is 23.2. The van der Waals surface area contributed by atoms with E-state index in [0.29, 0.717) is 0 Å². The fourth-order valence-electron chi connectivity index (χ4n) is 2.57. The van der Waals surface area contributed by atoms with Crippen LogP contribution in [0.1, 0.15) is 24.5 Å². The van der Waals surface area contributed by atoms with E-state index < -0.39 is 0 Å². The molecular formula is C13H19NO2. The van der Waals surface area contributed by atoms with E-state index in [1.54, 1.807) is 7.11 Å². The molecule has 1 aromatic rings. The molecule has 1 atom stereocenters. The average molecular weight is 221 g/mol. The van der Waals surface area contributed by atoms with E-state index in [2.05, 4.69) is 18.3 Å². The lowest BCUT2D eigenvalue weighted by atomic mass is 9.92. The molecule has 0 aromatic heterocycles. The highest BCUT2D eigenvalue weighted by atomic mass is 16.5. The van der Waals surface area contributed by atoms with Crippen molar-refractivity contribution in [2.45, 2.75) is 25.3 Å². The van der Waals surface area contributed by atoms with E-state index in [4.69, 9.17) is 4.74 Å². The van der Waals surface area contributed by atoms with Crippen molar-refractivity contribution < 1.29 is 9.84 Å². The second kappa shape index (κ2) is 4.44. The zero-order valence-corrected chi connectivity index (χ0v) is 9.92. The van der Waals surface area contributed by atoms with Crippen molar-refractivity contribution >= 4 is 0 Å². The summed E-state index contributed by atoms with van der Waals surface area (Å²) in [6, 6.07) is 6.13. The third-order valence-corrected chi connectivity index (χ3v) is 3.44. The van der Waals surface area contributed by atoms with Crippen LogP contribution < -0.4 is 10.1 Å². The van der Waals surface area contributed by atoms with Crippen LogP contribution in [0.5, 0.6) is 5.75 Å². The van der Waals surface area contributed by atoms with Gasteiger partial charge in [0.15, 0.2) is 0 Å². The van der Waals surface area contributed by atoms with Gasteiger partial charge in [0.05, 0.1) is 19.3 Å². The van der Waals surface area contributed by atoms with Crippen molar-refractivity contribution in [1.29, 1.82) is 0 Å². The van der Waals surface area contributed by atoms with Gasteiger partial charge in [0, 0.05) is 0 Å². The lowest BCUT2D eigenvalue weighted by Crippen LogP contribution is -2.43. The molecule has 2 rings (SSSR count). The molecule has 0 saturated carbocycles. The van der Waals surface area contributed by atoms with Crippen LogP contribution in [0.2, 0.25) is 0 Å². The Morgan fingerprint density at radius 2 is 2.31 bits per heavy atom. The summed E-state index contributed by atoms with van der Waals surface area (Å²) in [6.45, 7) is 3.06. The molecule has 0 amide bonds. The summed E-state index contributed by atoms with van der Waals surface area (Å²) in [5.74, 6) is 0.858. The number of rotatable bonds is 4. The van der Waals surface area contributed by atoms with Crippen LogP contribution >= 0.6 is 0 Å². The first-order valence-corrected chi connectivity index (χ1v) is 5.79. The Labute approximate surface area is 96.4 Å². The van der Waals surface area contributed by atoms with E-state index >= 15 is 0 Å². The molecule has 1 aromatic carbocycles. The second-order valence-corrected chi connectivity index (χ2v) is 4.29. The minimum atomic E-state index is -0.265. The molecule has 88 valence electrons. The quantitative estimate of drug-likeness (QED) is 0.808. The number of aliphatic hydroxyl groups is 1. The molecule has 0 aliphatic heterocycles. The molecule has 0 bridgehead atoms. The van der Waals surface area contributed by atoms with Gasteiger partial charge in [-0.25, -0.2) is 0 Å². The first-order valence-electron chi connectivity index (χ1n) is 5.79. The van der Waals surface area contributed by atoms with Crippen molar-refractivity contribution in [2.24, 2.45) is 0 Å². The maximum absolute atomic E-state index is 9.65. The highest BCUT2D eigenvalue weighted by molar-refractivity contribution is 5.44. The summed E-state index contributed by atoms with van der Waals surface area (Å²) in [6.07, 6.45) is 1.98. The van der Waals surface area contributed by atoms with Gasteiger partial charge in [-0.3, -0.25) is 0 Å². The van der Waals surface area contributed by atoms with Gasteiger partial charge in [-0.2, -0.15) is 0 Å². The van der Waals surface area contributed by atoms with Gasteiger partial charge < -0.3 is 15.2 Å². The Kier molecular flexibility index (Phi) is 3.17. The van der Waals surface area contributed by atoms with Crippen LogP contribution in [0.4, 0.5) is 0 Å². The monoisotopic (exact) mass is 221 g/mol. The standard InChI is InChI=1S/C13H19NO2/c1-3-14-13(9-15)7-6-10-4-5-11(16-2)8-12(10)13/h4-5,8,14-15H,3,6-7,9H2,1-2H3. The molecule has 2 N–H and O–H groups in total. The number of nitrogens with one attached hydrogen (secondary N) is 1. The van der Waals surface area contributed by atoms with Gasteiger partial charge >= 0.3 is 0 Å². The fourth-order valence-corrected chi connectivity index (χ4v) is 2.57. The third kappa shape index (κ3) is 1.70. The van der Waals surface area contributed by atoms with E-state index in [0.717, 1.165) is 25.1 Å². The number of methoxy groups -OCH3 is 1. The van der Waals surface area contributed by atoms with Gasteiger partial charge in [0.25, 0.3) is 0 Å². The van der Waals surface area contributed by atoms with Crippen LogP contribution in [0.25, 0.3) is 0 Å². The van der Waals surface area contributed by atoms with Crippen LogP contribution in [-0.2, 0) is 12.0 Å². The summed E-state index contributed by atoms with van der Waals surface area (Å²) in [5.41, 5.74) is 2.24. The van der Waals surface area contributed by atoms with Crippen LogP contribution in [0.15, 0.2) is 18.2 Å². The molecule has 16 heavy (non-hydrogen) atoms. The molecule has 0 spiro atoms. The number of fused-ring (bicyclic) bond motifs is 1. The second-order valence-electron chi connectivity index (χ2n) is 4.29. The lowest BCUT2D eigenvalue weighted by molar-refractivity contribution is 0.162. The van der Waals surface area contributed by atoms with Crippen molar-refractivity contribution in [3.05, 3.63) is 29.3 Å². The molecule has 0 radical (unpaired) electrons. The van der Waals surface area contributed by atoms with E-state index in [-0.39, 0.29) is 12.1 Å². The minimum absolute atomic E-state index is 0.140. The highest BCUT2D eigenvalue weighted by Gasteiger charge is 2.37. The molecule has 1 aliphatic rings. The predicted octanol–water partition coefficient (Wildman–Crippen LogP) is 1.44. The third-order valence-electron chi connectivity index (χ3n) is 3.44. The first-order chi connectivity index (χ1) is 7.75. The molecule has 0 fully saturated rings. The molecule has 0 saturated heterocycles. The number of hydrogen-bond donors (Lipinski definition) is 2. The van der Waals surface area contributed by atoms with Crippen LogP contribution in [-0.4, -0.2) is 25.4 Å². The Balaban J connectivity index is 2.42. The molecule has 1 aliphatic carbocycles. The summed E-state index contributed by atoms with van der Waals surface area (Å²) in [7, 11) is 1.67. The number of aryl methyl sites for hydroxylation is 1. The number of hydrogen-bond acceptors (Lipinski definition) is 3. The maximum atomic E-state index is 9.65. The average Bonchev–Trinajstić information content (AvgIpc) is 2.69. The zero-order valence-electron chi connectivity index (χ0n) is 9.92. The Hall–Kier alpha value is -1.06. The fraction of sp³-hybridized carbons (Fsp3) is 0.538. The van der Waals surface area contributed by atoms with Crippen LogP contribution in [0.3, 0.4) is 0 Å². The Bertz CT molecular complexity index is 374. The van der Waals surface area contributed by atoms with Gasteiger partial charge in [-0.05, 0) is 42.6 Å². The summed E-state index contributed by atoms with van der Waals surface area (Å²) in [5, 5.41) is 13.1. The van der Waals surface area contributed by atoms with Gasteiger partial charge in [0.2, 0.25) is 0 Å². The van der Waals surface area contributed by atoms with Crippen molar-refractivity contribution in [3.8, 4) is 5.75 Å². The number of aliphatic hydroxyl groups excluding tert-OH is 1. The SMILES string of the molecule is CCNC1(CO)CCc2ccc(OC)cc21. The van der Waals surface area contributed by atoms with Crippen molar-refractivity contribution in [1.82, 2.24) is 5.32 Å². The largest absolute Gasteiger partial charge is 0.497 e. The minimum Gasteiger partial charge on any atom is -0.497 e. The molecule has 0 heterocycles. The van der Waals surface area contributed by atoms with Gasteiger partial charge in [0.1, 0.15) is 5.75 Å². The molecule has 3 heteroatoms. The predicted molar refractivity (Wildman–Crippen MR) is 63.8 cm³/mol. The maximum Gasteiger partial charge on any atom is 0.119 e. The summed E-state index contributed by atoms with van der Waals surface area (Å²) in [4.78, 5) is 0. The number of likely N-dealkylation sites (N-methyl/N-ethyl adjacent to an activating group) is 1. The molecular weight excluding hydrogens is 202 g/mol. The molecule has 1 unspecified atom stereocenters. The lowest BCUT2D eigenvalue weighted by Gasteiger charge is -2.29. The van der Waals surface area contributed by atoms with Gasteiger partial charge in [-0.15, -0.1) is 0 Å². The van der Waals surface area contributed by atoms with E-state index in [1.807, 2.05) is 12.1 Å². The summed E-state index contributed by atoms with van der Waals surface area (Å²) >= 11 is 0. The van der Waals surface area contributed by atoms with Crippen molar-refractivity contribution in [3.63, 3.8) is 0 Å². The smallest absolute Gasteiger partial charge is 0.119 e. The number of benzene rings is 1.